The van der Waals surface area contributed by atoms with E-state index in [-0.39, 0.29) is 12.8 Å². The first kappa shape index (κ1) is 13.2. The molecule has 0 aromatic carbocycles. The van der Waals surface area contributed by atoms with Crippen LogP contribution in [0.3, 0.4) is 0 Å². The zero-order chi connectivity index (χ0) is 12.8. The zero-order valence-electron chi connectivity index (χ0n) is 9.42. The lowest BCUT2D eigenvalue weighted by Gasteiger charge is -2.14. The van der Waals surface area contributed by atoms with Gasteiger partial charge in [-0.2, -0.15) is 0 Å². The normalized spacial score (nSPS) is 14.0. The third kappa shape index (κ3) is 4.64. The number of hydrogen-bond acceptors (Lipinski definition) is 5. The third-order valence-electron chi connectivity index (χ3n) is 2.08. The maximum atomic E-state index is 11.5. The number of H-pyrrole nitrogens is 1. The highest BCUT2D eigenvalue weighted by atomic mass is 16.5. The van der Waals surface area contributed by atoms with Crippen molar-refractivity contribution < 1.29 is 19.4 Å². The van der Waals surface area contributed by atoms with Gasteiger partial charge >= 0.3 is 11.9 Å². The Morgan fingerprint density at radius 2 is 2.35 bits per heavy atom. The molecule has 0 saturated carbocycles. The maximum absolute atomic E-state index is 11.5. The van der Waals surface area contributed by atoms with Gasteiger partial charge in [-0.05, 0) is 6.92 Å². The summed E-state index contributed by atoms with van der Waals surface area (Å²) in [5.41, 5.74) is 6.34. The standard InChI is InChI=1S/C10H15N3O4/c1-6(2-9(14)15)17-10(16)8(11)3-7-4-12-5-13-7/h4-6,8H,2-3,11H2,1H3,(H,12,13)(H,14,15)/t6?,8-/m0/s1. The van der Waals surface area contributed by atoms with E-state index in [2.05, 4.69) is 9.97 Å². The Balaban J connectivity index is 2.39. The van der Waals surface area contributed by atoms with Crippen LogP contribution in [-0.4, -0.2) is 39.2 Å². The molecule has 7 nitrogen and oxygen atoms in total. The summed E-state index contributed by atoms with van der Waals surface area (Å²) in [5.74, 6) is -1.64. The summed E-state index contributed by atoms with van der Waals surface area (Å²) >= 11 is 0. The number of aromatic nitrogens is 2. The minimum absolute atomic E-state index is 0.234. The van der Waals surface area contributed by atoms with Gasteiger partial charge in [0, 0.05) is 18.3 Å². The van der Waals surface area contributed by atoms with Gasteiger partial charge in [0.15, 0.2) is 0 Å². The highest BCUT2D eigenvalue weighted by molar-refractivity contribution is 5.76. The van der Waals surface area contributed by atoms with Gasteiger partial charge in [0.05, 0.1) is 12.7 Å². The molecule has 94 valence electrons. The molecule has 0 amide bonds. The van der Waals surface area contributed by atoms with Gasteiger partial charge in [-0.1, -0.05) is 0 Å². The Bertz CT molecular complexity index is 377. The molecule has 17 heavy (non-hydrogen) atoms. The number of aromatic amines is 1. The molecular formula is C10H15N3O4. The van der Waals surface area contributed by atoms with E-state index in [4.69, 9.17) is 15.6 Å². The number of carbonyl (C=O) groups is 2. The van der Waals surface area contributed by atoms with Crippen molar-refractivity contribution in [2.75, 3.05) is 0 Å². The van der Waals surface area contributed by atoms with Gasteiger partial charge in [0.2, 0.25) is 0 Å². The topological polar surface area (TPSA) is 118 Å². The van der Waals surface area contributed by atoms with Crippen LogP contribution in [0.2, 0.25) is 0 Å². The molecule has 2 atom stereocenters. The van der Waals surface area contributed by atoms with Crippen molar-refractivity contribution in [3.05, 3.63) is 18.2 Å². The van der Waals surface area contributed by atoms with Crippen LogP contribution in [0.4, 0.5) is 0 Å². The van der Waals surface area contributed by atoms with E-state index in [1.54, 1.807) is 6.20 Å². The summed E-state index contributed by atoms with van der Waals surface area (Å²) in [5, 5.41) is 8.51. The quantitative estimate of drug-likeness (QED) is 0.588. The van der Waals surface area contributed by atoms with E-state index < -0.39 is 24.1 Å². The van der Waals surface area contributed by atoms with Crippen LogP contribution in [0.15, 0.2) is 12.5 Å². The highest BCUT2D eigenvalue weighted by Gasteiger charge is 2.20. The van der Waals surface area contributed by atoms with Crippen LogP contribution in [0.1, 0.15) is 19.0 Å². The number of nitrogens with zero attached hydrogens (tertiary/aromatic N) is 1. The number of carbonyl (C=O) groups excluding carboxylic acids is 1. The number of nitrogens with two attached hydrogens (primary N) is 1. The second-order valence-electron chi connectivity index (χ2n) is 3.73. The second kappa shape index (κ2) is 6.00. The summed E-state index contributed by atoms with van der Waals surface area (Å²) in [7, 11) is 0. The summed E-state index contributed by atoms with van der Waals surface area (Å²) in [4.78, 5) is 28.5. The molecule has 0 aliphatic rings. The van der Waals surface area contributed by atoms with Crippen molar-refractivity contribution >= 4 is 11.9 Å². The Hall–Kier alpha value is -1.89. The van der Waals surface area contributed by atoms with Gasteiger partial charge in [-0.3, -0.25) is 9.59 Å². The van der Waals surface area contributed by atoms with E-state index in [1.807, 2.05) is 0 Å². The van der Waals surface area contributed by atoms with Gasteiger partial charge in [0.25, 0.3) is 0 Å². The lowest BCUT2D eigenvalue weighted by molar-refractivity contribution is -0.153. The van der Waals surface area contributed by atoms with E-state index in [0.29, 0.717) is 0 Å². The summed E-state index contributed by atoms with van der Waals surface area (Å²) < 4.78 is 4.89. The average molecular weight is 241 g/mol. The number of imidazole rings is 1. The van der Waals surface area contributed by atoms with Crippen molar-refractivity contribution in [1.82, 2.24) is 9.97 Å². The minimum Gasteiger partial charge on any atom is -0.481 e. The number of hydrogen-bond donors (Lipinski definition) is 3. The molecule has 0 bridgehead atoms. The molecule has 0 fully saturated rings. The van der Waals surface area contributed by atoms with Gasteiger partial charge in [-0.25, -0.2) is 4.98 Å². The Kier molecular flexibility index (Phi) is 4.65. The largest absolute Gasteiger partial charge is 0.481 e. The first-order valence-electron chi connectivity index (χ1n) is 5.14. The van der Waals surface area contributed by atoms with Crippen molar-refractivity contribution in [2.45, 2.75) is 31.9 Å². The average Bonchev–Trinajstić information content (AvgIpc) is 2.68. The monoisotopic (exact) mass is 241 g/mol. The lowest BCUT2D eigenvalue weighted by atomic mass is 10.2. The van der Waals surface area contributed by atoms with Crippen molar-refractivity contribution in [1.29, 1.82) is 0 Å². The molecule has 0 aliphatic heterocycles. The van der Waals surface area contributed by atoms with Crippen molar-refractivity contribution in [3.63, 3.8) is 0 Å². The summed E-state index contributed by atoms with van der Waals surface area (Å²) in [6, 6.07) is -0.827. The molecular weight excluding hydrogens is 226 g/mol. The number of ether oxygens (including phenoxy) is 1. The molecule has 1 aromatic heterocycles. The van der Waals surface area contributed by atoms with E-state index in [1.165, 1.54) is 13.3 Å². The molecule has 0 radical (unpaired) electrons. The molecule has 7 heteroatoms. The second-order valence-corrected chi connectivity index (χ2v) is 3.73. The molecule has 1 rings (SSSR count). The highest BCUT2D eigenvalue weighted by Crippen LogP contribution is 2.03. The van der Waals surface area contributed by atoms with Crippen LogP contribution >= 0.6 is 0 Å². The molecule has 1 unspecified atom stereocenters. The Morgan fingerprint density at radius 1 is 1.65 bits per heavy atom. The summed E-state index contributed by atoms with van der Waals surface area (Å²) in [6.45, 7) is 1.51. The van der Waals surface area contributed by atoms with Crippen molar-refractivity contribution in [3.8, 4) is 0 Å². The van der Waals surface area contributed by atoms with Crippen molar-refractivity contribution in [2.24, 2.45) is 5.73 Å². The van der Waals surface area contributed by atoms with Crippen LogP contribution in [0.25, 0.3) is 0 Å². The smallest absolute Gasteiger partial charge is 0.323 e. The van der Waals surface area contributed by atoms with E-state index >= 15 is 0 Å². The minimum atomic E-state index is -1.02. The number of esters is 1. The number of carboxylic acid groups (broad SMARTS) is 1. The SMILES string of the molecule is CC(CC(=O)O)OC(=O)[C@@H](N)Cc1cnc[nH]1. The summed E-state index contributed by atoms with van der Waals surface area (Å²) in [6.07, 6.45) is 2.41. The third-order valence-corrected chi connectivity index (χ3v) is 2.08. The maximum Gasteiger partial charge on any atom is 0.323 e. The van der Waals surface area contributed by atoms with Gasteiger partial charge < -0.3 is 20.6 Å². The lowest BCUT2D eigenvalue weighted by Crippen LogP contribution is -2.36. The molecule has 0 aliphatic carbocycles. The van der Waals surface area contributed by atoms with Crippen LogP contribution in [0, 0.1) is 0 Å². The number of rotatable bonds is 6. The number of carboxylic acids is 1. The number of nitrogens with one attached hydrogen (secondary N) is 1. The Morgan fingerprint density at radius 3 is 2.88 bits per heavy atom. The zero-order valence-corrected chi connectivity index (χ0v) is 9.42. The molecule has 1 heterocycles. The fourth-order valence-electron chi connectivity index (χ4n) is 1.29. The fourth-order valence-corrected chi connectivity index (χ4v) is 1.29. The molecule has 1 aromatic rings. The number of aliphatic carboxylic acids is 1. The van der Waals surface area contributed by atoms with Crippen LogP contribution < -0.4 is 5.73 Å². The fraction of sp³-hybridized carbons (Fsp3) is 0.500. The first-order valence-corrected chi connectivity index (χ1v) is 5.14. The van der Waals surface area contributed by atoms with Crippen LogP contribution in [0.5, 0.6) is 0 Å². The Labute approximate surface area is 98.0 Å². The van der Waals surface area contributed by atoms with Crippen LogP contribution in [-0.2, 0) is 20.7 Å². The van der Waals surface area contributed by atoms with E-state index in [9.17, 15) is 9.59 Å². The molecule has 0 saturated heterocycles. The predicted octanol–water partition coefficient (Wildman–Crippen LogP) is -0.314. The van der Waals surface area contributed by atoms with Gasteiger partial charge in [0.1, 0.15) is 12.1 Å². The molecule has 0 spiro atoms. The van der Waals surface area contributed by atoms with Gasteiger partial charge in [-0.15, -0.1) is 0 Å². The molecule has 4 N–H and O–H groups in total. The van der Waals surface area contributed by atoms with E-state index in [0.717, 1.165) is 5.69 Å². The first-order chi connectivity index (χ1) is 7.99. The predicted molar refractivity (Wildman–Crippen MR) is 58.1 cm³/mol.